The molecule has 2 amide bonds. The third kappa shape index (κ3) is 4.01. The maximum absolute atomic E-state index is 12.9. The fourth-order valence-electron chi connectivity index (χ4n) is 2.86. The molecule has 8 heteroatoms. The highest BCUT2D eigenvalue weighted by Crippen LogP contribution is 2.34. The minimum absolute atomic E-state index is 0.0936. The molecule has 1 atom stereocenters. The molecule has 0 aliphatic carbocycles. The molecule has 1 aliphatic rings. The Morgan fingerprint density at radius 1 is 1.32 bits per heavy atom. The van der Waals surface area contributed by atoms with Gasteiger partial charge >= 0.3 is 0 Å². The molecule has 0 bridgehead atoms. The molecule has 0 unspecified atom stereocenters. The summed E-state index contributed by atoms with van der Waals surface area (Å²) in [5.74, 6) is -0.633. The summed E-state index contributed by atoms with van der Waals surface area (Å²) in [5, 5.41) is 11.7. The van der Waals surface area contributed by atoms with Crippen molar-refractivity contribution in [1.82, 2.24) is 15.1 Å². The topological polar surface area (TPSA) is 75.2 Å². The van der Waals surface area contributed by atoms with Crippen LogP contribution in [0.2, 0.25) is 0 Å². The van der Waals surface area contributed by atoms with Gasteiger partial charge in [-0.3, -0.25) is 9.59 Å². The van der Waals surface area contributed by atoms with E-state index in [4.69, 9.17) is 0 Å². The second kappa shape index (κ2) is 7.69. The lowest BCUT2D eigenvalue weighted by Crippen LogP contribution is -2.30. The molecule has 1 saturated heterocycles. The number of anilines is 1. The SMILES string of the molecule is CCCC(=O)N1CCC[C@H]1c1nnc(C(=O)Nc2ccc(F)cc2)s1. The number of benzene rings is 1. The molecule has 0 saturated carbocycles. The van der Waals surface area contributed by atoms with E-state index in [1.165, 1.54) is 35.6 Å². The summed E-state index contributed by atoms with van der Waals surface area (Å²) in [5.41, 5.74) is 0.490. The van der Waals surface area contributed by atoms with Crippen molar-refractivity contribution in [3.8, 4) is 0 Å². The number of hydrogen-bond donors (Lipinski definition) is 1. The Labute approximate surface area is 149 Å². The fraction of sp³-hybridized carbons (Fsp3) is 0.412. The molecule has 2 aromatic rings. The van der Waals surface area contributed by atoms with Crippen molar-refractivity contribution in [1.29, 1.82) is 0 Å². The van der Waals surface area contributed by atoms with Gasteiger partial charge < -0.3 is 10.2 Å². The van der Waals surface area contributed by atoms with Crippen LogP contribution in [-0.4, -0.2) is 33.5 Å². The van der Waals surface area contributed by atoms with Crippen molar-refractivity contribution in [2.45, 2.75) is 38.6 Å². The lowest BCUT2D eigenvalue weighted by molar-refractivity contribution is -0.132. The summed E-state index contributed by atoms with van der Waals surface area (Å²) in [6, 6.07) is 5.42. The van der Waals surface area contributed by atoms with E-state index in [0.29, 0.717) is 17.1 Å². The molecular formula is C17H19FN4O2S. The van der Waals surface area contributed by atoms with E-state index in [2.05, 4.69) is 15.5 Å². The molecular weight excluding hydrogens is 343 g/mol. The van der Waals surface area contributed by atoms with Gasteiger partial charge in [0.25, 0.3) is 5.91 Å². The van der Waals surface area contributed by atoms with Gasteiger partial charge in [-0.25, -0.2) is 4.39 Å². The second-order valence-corrected chi connectivity index (χ2v) is 6.91. The number of hydrogen-bond acceptors (Lipinski definition) is 5. The van der Waals surface area contributed by atoms with E-state index in [1.54, 1.807) is 0 Å². The Morgan fingerprint density at radius 2 is 2.08 bits per heavy atom. The standard InChI is InChI=1S/C17H19FN4O2S/c1-2-4-14(23)22-10-3-5-13(22)16-20-21-17(25-16)15(24)19-12-8-6-11(18)7-9-12/h6-9,13H,2-5,10H2,1H3,(H,19,24)/t13-/m0/s1. The molecule has 25 heavy (non-hydrogen) atoms. The van der Waals surface area contributed by atoms with E-state index >= 15 is 0 Å². The van der Waals surface area contributed by atoms with Crippen molar-refractivity contribution in [3.63, 3.8) is 0 Å². The first-order valence-electron chi connectivity index (χ1n) is 8.28. The highest BCUT2D eigenvalue weighted by Gasteiger charge is 2.32. The molecule has 1 aromatic carbocycles. The summed E-state index contributed by atoms with van der Waals surface area (Å²) in [4.78, 5) is 26.3. The van der Waals surface area contributed by atoms with Gasteiger partial charge in [0.2, 0.25) is 10.9 Å². The summed E-state index contributed by atoms with van der Waals surface area (Å²) in [7, 11) is 0. The number of carbonyl (C=O) groups is 2. The van der Waals surface area contributed by atoms with Crippen molar-refractivity contribution in [2.75, 3.05) is 11.9 Å². The first-order valence-corrected chi connectivity index (χ1v) is 9.10. The Morgan fingerprint density at radius 3 is 2.80 bits per heavy atom. The molecule has 132 valence electrons. The average molecular weight is 362 g/mol. The zero-order valence-corrected chi connectivity index (χ0v) is 14.7. The minimum atomic E-state index is -0.389. The molecule has 0 spiro atoms. The Kier molecular flexibility index (Phi) is 5.37. The van der Waals surface area contributed by atoms with E-state index < -0.39 is 0 Å². The molecule has 0 radical (unpaired) electrons. The smallest absolute Gasteiger partial charge is 0.286 e. The Balaban J connectivity index is 1.70. The van der Waals surface area contributed by atoms with Gasteiger partial charge in [-0.2, -0.15) is 0 Å². The van der Waals surface area contributed by atoms with Gasteiger partial charge in [0.05, 0.1) is 6.04 Å². The van der Waals surface area contributed by atoms with Crippen molar-refractivity contribution < 1.29 is 14.0 Å². The maximum atomic E-state index is 12.9. The summed E-state index contributed by atoms with van der Waals surface area (Å²) in [6.07, 6.45) is 3.09. The van der Waals surface area contributed by atoms with Crippen LogP contribution in [0.3, 0.4) is 0 Å². The Bertz CT molecular complexity index is 762. The van der Waals surface area contributed by atoms with Crippen molar-refractivity contribution >= 4 is 28.8 Å². The van der Waals surface area contributed by atoms with Crippen LogP contribution in [0.1, 0.15) is 53.5 Å². The van der Waals surface area contributed by atoms with Crippen molar-refractivity contribution in [3.05, 3.63) is 40.1 Å². The van der Waals surface area contributed by atoms with Gasteiger partial charge in [-0.15, -0.1) is 10.2 Å². The first kappa shape index (κ1) is 17.5. The summed E-state index contributed by atoms with van der Waals surface area (Å²) >= 11 is 1.20. The normalized spacial score (nSPS) is 16.9. The van der Waals surface area contributed by atoms with Crippen LogP contribution >= 0.6 is 11.3 Å². The van der Waals surface area contributed by atoms with Crippen LogP contribution in [-0.2, 0) is 4.79 Å². The minimum Gasteiger partial charge on any atom is -0.333 e. The second-order valence-electron chi connectivity index (χ2n) is 5.90. The zero-order valence-electron chi connectivity index (χ0n) is 13.9. The molecule has 1 aromatic heterocycles. The molecule has 1 N–H and O–H groups in total. The van der Waals surface area contributed by atoms with E-state index in [-0.39, 0.29) is 28.7 Å². The third-order valence-corrected chi connectivity index (χ3v) is 5.08. The number of nitrogens with one attached hydrogen (secondary N) is 1. The Hall–Kier alpha value is -2.35. The predicted molar refractivity (Wildman–Crippen MR) is 92.9 cm³/mol. The molecule has 2 heterocycles. The van der Waals surface area contributed by atoms with E-state index in [0.717, 1.165) is 25.8 Å². The average Bonchev–Trinajstić information content (AvgIpc) is 3.26. The highest BCUT2D eigenvalue weighted by molar-refractivity contribution is 7.13. The molecule has 6 nitrogen and oxygen atoms in total. The lowest BCUT2D eigenvalue weighted by atomic mass is 10.2. The van der Waals surface area contributed by atoms with E-state index in [1.807, 2.05) is 11.8 Å². The van der Waals surface area contributed by atoms with Crippen LogP contribution in [0.4, 0.5) is 10.1 Å². The van der Waals surface area contributed by atoms with Crippen LogP contribution in [0, 0.1) is 5.82 Å². The van der Waals surface area contributed by atoms with Gasteiger partial charge in [-0.05, 0) is 43.5 Å². The predicted octanol–water partition coefficient (Wildman–Crippen LogP) is 3.39. The van der Waals surface area contributed by atoms with Gasteiger partial charge in [0.15, 0.2) is 0 Å². The van der Waals surface area contributed by atoms with Gasteiger partial charge in [0.1, 0.15) is 10.8 Å². The fourth-order valence-corrected chi connectivity index (χ4v) is 3.74. The van der Waals surface area contributed by atoms with Crippen LogP contribution in [0.25, 0.3) is 0 Å². The number of aromatic nitrogens is 2. The number of amides is 2. The number of rotatable bonds is 5. The van der Waals surface area contributed by atoms with Crippen LogP contribution in [0.5, 0.6) is 0 Å². The number of likely N-dealkylation sites (tertiary alicyclic amines) is 1. The number of halogens is 1. The summed E-state index contributed by atoms with van der Waals surface area (Å²) < 4.78 is 12.9. The third-order valence-electron chi connectivity index (χ3n) is 4.06. The van der Waals surface area contributed by atoms with Crippen molar-refractivity contribution in [2.24, 2.45) is 0 Å². The molecule has 3 rings (SSSR count). The lowest BCUT2D eigenvalue weighted by Gasteiger charge is -2.22. The monoisotopic (exact) mass is 362 g/mol. The van der Waals surface area contributed by atoms with E-state index in [9.17, 15) is 14.0 Å². The highest BCUT2D eigenvalue weighted by atomic mass is 32.1. The van der Waals surface area contributed by atoms with Gasteiger partial charge in [0, 0.05) is 18.7 Å². The molecule has 1 aliphatic heterocycles. The summed E-state index contributed by atoms with van der Waals surface area (Å²) in [6.45, 7) is 2.70. The number of carbonyl (C=O) groups excluding carboxylic acids is 2. The zero-order chi connectivity index (χ0) is 17.8. The molecule has 1 fully saturated rings. The maximum Gasteiger partial charge on any atom is 0.286 e. The largest absolute Gasteiger partial charge is 0.333 e. The quantitative estimate of drug-likeness (QED) is 0.885. The van der Waals surface area contributed by atoms with Gasteiger partial charge in [-0.1, -0.05) is 18.3 Å². The number of nitrogens with zero attached hydrogens (tertiary/aromatic N) is 3. The van der Waals surface area contributed by atoms with Crippen LogP contribution < -0.4 is 5.32 Å². The first-order chi connectivity index (χ1) is 12.1. The van der Waals surface area contributed by atoms with Crippen LogP contribution in [0.15, 0.2) is 24.3 Å².